The molecular weight excluding hydrogens is 248 g/mol. The lowest BCUT2D eigenvalue weighted by Crippen LogP contribution is -2.24. The molecule has 0 bridgehead atoms. The summed E-state index contributed by atoms with van der Waals surface area (Å²) in [6.07, 6.45) is 4.03. The Hall–Kier alpha value is -1.69. The van der Waals surface area contributed by atoms with Crippen molar-refractivity contribution in [3.05, 3.63) is 34.0 Å². The summed E-state index contributed by atoms with van der Waals surface area (Å²) in [4.78, 5) is 17.7. The van der Waals surface area contributed by atoms with Crippen LogP contribution >= 0.6 is 11.3 Å². The van der Waals surface area contributed by atoms with Crippen molar-refractivity contribution >= 4 is 17.2 Å². The summed E-state index contributed by atoms with van der Waals surface area (Å²) in [7, 11) is 0. The number of amides is 1. The molecule has 0 unspecified atom stereocenters. The van der Waals surface area contributed by atoms with E-state index in [4.69, 9.17) is 0 Å². The molecule has 2 aromatic heterocycles. The van der Waals surface area contributed by atoms with Crippen molar-refractivity contribution in [2.75, 3.05) is 6.54 Å². The fourth-order valence-corrected chi connectivity index (χ4v) is 2.51. The Morgan fingerprint density at radius 2 is 2.33 bits per heavy atom. The zero-order chi connectivity index (χ0) is 13.0. The van der Waals surface area contributed by atoms with Crippen LogP contribution < -0.4 is 5.32 Å². The Bertz CT molecular complexity index is 499. The van der Waals surface area contributed by atoms with Gasteiger partial charge in [-0.1, -0.05) is 0 Å². The van der Waals surface area contributed by atoms with Crippen LogP contribution in [0.25, 0.3) is 0 Å². The molecule has 0 spiro atoms. The van der Waals surface area contributed by atoms with Gasteiger partial charge in [-0.2, -0.15) is 5.10 Å². The van der Waals surface area contributed by atoms with Crippen LogP contribution in [0, 0.1) is 13.8 Å². The van der Waals surface area contributed by atoms with Crippen molar-refractivity contribution in [3.8, 4) is 0 Å². The first-order chi connectivity index (χ1) is 8.66. The first kappa shape index (κ1) is 12.8. The highest BCUT2D eigenvalue weighted by molar-refractivity contribution is 7.14. The lowest BCUT2D eigenvalue weighted by atomic mass is 10.3. The number of aryl methyl sites for hydroxylation is 3. The molecule has 6 heteroatoms. The van der Waals surface area contributed by atoms with E-state index in [0.29, 0.717) is 6.54 Å². The molecule has 2 rings (SSSR count). The number of nitrogens with one attached hydrogen (secondary N) is 1. The Kier molecular flexibility index (Phi) is 4.09. The van der Waals surface area contributed by atoms with Crippen molar-refractivity contribution < 1.29 is 4.79 Å². The second-order valence-electron chi connectivity index (χ2n) is 4.12. The summed E-state index contributed by atoms with van der Waals surface area (Å²) < 4.78 is 1.76. The SMILES string of the molecule is Cc1cc(C(=O)NCCCn2cncn2)sc1C. The summed E-state index contributed by atoms with van der Waals surface area (Å²) in [5.74, 6) is 0.00907. The minimum Gasteiger partial charge on any atom is -0.351 e. The van der Waals surface area contributed by atoms with E-state index in [-0.39, 0.29) is 5.91 Å². The molecule has 0 saturated heterocycles. The minimum atomic E-state index is 0.00907. The third-order valence-corrected chi connectivity index (χ3v) is 3.86. The average Bonchev–Trinajstić information content (AvgIpc) is 2.96. The van der Waals surface area contributed by atoms with Gasteiger partial charge in [0, 0.05) is 18.0 Å². The second kappa shape index (κ2) is 5.77. The number of thiophene rings is 1. The largest absolute Gasteiger partial charge is 0.351 e. The van der Waals surface area contributed by atoms with E-state index >= 15 is 0 Å². The van der Waals surface area contributed by atoms with Crippen LogP contribution in [0.4, 0.5) is 0 Å². The molecule has 0 aromatic carbocycles. The van der Waals surface area contributed by atoms with Crippen molar-refractivity contribution in [1.29, 1.82) is 0 Å². The van der Waals surface area contributed by atoms with Gasteiger partial charge in [-0.25, -0.2) is 4.98 Å². The molecule has 1 N–H and O–H groups in total. The Morgan fingerprint density at radius 1 is 1.50 bits per heavy atom. The van der Waals surface area contributed by atoms with Gasteiger partial charge in [-0.05, 0) is 31.9 Å². The van der Waals surface area contributed by atoms with Crippen LogP contribution in [-0.2, 0) is 6.54 Å². The molecule has 0 aliphatic carbocycles. The van der Waals surface area contributed by atoms with Crippen LogP contribution in [0.3, 0.4) is 0 Å². The van der Waals surface area contributed by atoms with E-state index in [1.54, 1.807) is 11.0 Å². The molecule has 2 heterocycles. The highest BCUT2D eigenvalue weighted by Crippen LogP contribution is 2.20. The van der Waals surface area contributed by atoms with Gasteiger partial charge in [-0.15, -0.1) is 11.3 Å². The summed E-state index contributed by atoms with van der Waals surface area (Å²) in [6.45, 7) is 5.46. The van der Waals surface area contributed by atoms with E-state index in [1.807, 2.05) is 19.9 Å². The maximum Gasteiger partial charge on any atom is 0.261 e. The summed E-state index contributed by atoms with van der Waals surface area (Å²) >= 11 is 1.54. The van der Waals surface area contributed by atoms with Crippen molar-refractivity contribution in [1.82, 2.24) is 20.1 Å². The van der Waals surface area contributed by atoms with Crippen LogP contribution in [0.1, 0.15) is 26.5 Å². The van der Waals surface area contributed by atoms with Crippen molar-refractivity contribution in [3.63, 3.8) is 0 Å². The number of carbonyl (C=O) groups excluding carboxylic acids is 1. The van der Waals surface area contributed by atoms with E-state index in [0.717, 1.165) is 17.8 Å². The fraction of sp³-hybridized carbons (Fsp3) is 0.417. The van der Waals surface area contributed by atoms with E-state index in [9.17, 15) is 4.79 Å². The summed E-state index contributed by atoms with van der Waals surface area (Å²) in [5, 5.41) is 6.91. The monoisotopic (exact) mass is 264 g/mol. The van der Waals surface area contributed by atoms with Crippen molar-refractivity contribution in [2.45, 2.75) is 26.8 Å². The Labute approximate surface area is 110 Å². The zero-order valence-corrected chi connectivity index (χ0v) is 11.3. The zero-order valence-electron chi connectivity index (χ0n) is 10.5. The molecule has 18 heavy (non-hydrogen) atoms. The quantitative estimate of drug-likeness (QED) is 0.837. The highest BCUT2D eigenvalue weighted by atomic mass is 32.1. The molecule has 0 saturated carbocycles. The molecule has 0 atom stereocenters. The van der Waals surface area contributed by atoms with Gasteiger partial charge in [0.15, 0.2) is 0 Å². The molecule has 1 amide bonds. The van der Waals surface area contributed by atoms with Crippen LogP contribution in [0.15, 0.2) is 18.7 Å². The van der Waals surface area contributed by atoms with Gasteiger partial charge in [0.1, 0.15) is 12.7 Å². The third kappa shape index (κ3) is 3.16. The van der Waals surface area contributed by atoms with E-state index < -0.39 is 0 Å². The van der Waals surface area contributed by atoms with Crippen LogP contribution in [-0.4, -0.2) is 27.2 Å². The topological polar surface area (TPSA) is 59.8 Å². The van der Waals surface area contributed by atoms with E-state index in [1.165, 1.54) is 28.1 Å². The predicted octanol–water partition coefficient (Wildman–Crippen LogP) is 1.78. The van der Waals surface area contributed by atoms with Crippen molar-refractivity contribution in [2.24, 2.45) is 0 Å². The third-order valence-electron chi connectivity index (χ3n) is 2.71. The number of hydrogen-bond donors (Lipinski definition) is 1. The minimum absolute atomic E-state index is 0.00907. The average molecular weight is 264 g/mol. The Morgan fingerprint density at radius 3 is 2.94 bits per heavy atom. The van der Waals surface area contributed by atoms with Gasteiger partial charge in [0.2, 0.25) is 0 Å². The molecular formula is C12H16N4OS. The maximum absolute atomic E-state index is 11.8. The standard InChI is InChI=1S/C12H16N4OS/c1-9-6-11(18-10(9)2)12(17)14-4-3-5-16-8-13-7-15-16/h6-8H,3-5H2,1-2H3,(H,14,17). The van der Waals surface area contributed by atoms with Gasteiger partial charge in [0.25, 0.3) is 5.91 Å². The Balaban J connectivity index is 1.75. The highest BCUT2D eigenvalue weighted by Gasteiger charge is 2.09. The lowest BCUT2D eigenvalue weighted by Gasteiger charge is -2.03. The smallest absolute Gasteiger partial charge is 0.261 e. The first-order valence-corrected chi connectivity index (χ1v) is 6.66. The number of nitrogens with zero attached hydrogens (tertiary/aromatic N) is 3. The van der Waals surface area contributed by atoms with Gasteiger partial charge >= 0.3 is 0 Å². The normalized spacial score (nSPS) is 10.6. The molecule has 5 nitrogen and oxygen atoms in total. The van der Waals surface area contributed by atoms with Gasteiger partial charge in [0.05, 0.1) is 4.88 Å². The summed E-state index contributed by atoms with van der Waals surface area (Å²) in [5.41, 5.74) is 1.17. The van der Waals surface area contributed by atoms with Crippen LogP contribution in [0.5, 0.6) is 0 Å². The molecule has 0 radical (unpaired) electrons. The predicted molar refractivity (Wildman–Crippen MR) is 70.8 cm³/mol. The van der Waals surface area contributed by atoms with Crippen LogP contribution in [0.2, 0.25) is 0 Å². The lowest BCUT2D eigenvalue weighted by molar-refractivity contribution is 0.0956. The fourth-order valence-electron chi connectivity index (χ4n) is 1.56. The maximum atomic E-state index is 11.8. The molecule has 0 fully saturated rings. The number of aromatic nitrogens is 3. The second-order valence-corrected chi connectivity index (χ2v) is 5.37. The van der Waals surface area contributed by atoms with Gasteiger partial charge < -0.3 is 5.32 Å². The molecule has 0 aliphatic heterocycles. The number of rotatable bonds is 5. The number of hydrogen-bond acceptors (Lipinski definition) is 4. The molecule has 0 aliphatic rings. The molecule has 96 valence electrons. The van der Waals surface area contributed by atoms with E-state index in [2.05, 4.69) is 15.4 Å². The summed E-state index contributed by atoms with van der Waals surface area (Å²) in [6, 6.07) is 1.94. The number of carbonyl (C=O) groups is 1. The van der Waals surface area contributed by atoms with Gasteiger partial charge in [-0.3, -0.25) is 9.48 Å². The molecule has 2 aromatic rings. The first-order valence-electron chi connectivity index (χ1n) is 5.84.